The quantitative estimate of drug-likeness (QED) is 0.239. The van der Waals surface area contributed by atoms with Crippen molar-refractivity contribution in [2.24, 2.45) is 30.7 Å². The third kappa shape index (κ3) is 4.96. The van der Waals surface area contributed by atoms with Crippen molar-refractivity contribution in [1.29, 1.82) is 0 Å². The van der Waals surface area contributed by atoms with Gasteiger partial charge < -0.3 is 50.9 Å². The van der Waals surface area contributed by atoms with Crippen molar-refractivity contribution in [3.8, 4) is 0 Å². The first-order chi connectivity index (χ1) is 10.2. The van der Waals surface area contributed by atoms with Gasteiger partial charge in [-0.15, -0.1) is 0 Å². The summed E-state index contributed by atoms with van der Waals surface area (Å²) >= 11 is 0. The molecule has 10 heteroatoms. The van der Waals surface area contributed by atoms with Gasteiger partial charge >= 0.3 is 21.7 Å². The van der Waals surface area contributed by atoms with E-state index in [0.717, 1.165) is 23.0 Å². The van der Waals surface area contributed by atoms with Gasteiger partial charge in [-0.05, 0) is 37.4 Å². The summed E-state index contributed by atoms with van der Waals surface area (Å²) < 4.78 is 0. The van der Waals surface area contributed by atoms with E-state index in [0.29, 0.717) is 0 Å². The monoisotopic (exact) mass is 582 g/mol. The van der Waals surface area contributed by atoms with E-state index in [1.54, 1.807) is 0 Å². The molecule has 0 radical (unpaired) electrons. The van der Waals surface area contributed by atoms with E-state index in [1.807, 2.05) is 41.5 Å². The number of halogens is 3. The molecule has 3 aliphatic rings. The Labute approximate surface area is 201 Å². The molecule has 0 aromatic rings. The fourth-order valence-electron chi connectivity index (χ4n) is 3.85. The summed E-state index contributed by atoms with van der Waals surface area (Å²) in [6, 6.07) is 0. The zero-order valence-corrected chi connectivity index (χ0v) is 21.9. The van der Waals surface area contributed by atoms with Crippen LogP contribution in [0.4, 0.5) is 0 Å². The molecule has 140 valence electrons. The Morgan fingerprint density at radius 3 is 1.00 bits per heavy atom. The molecule has 0 aromatic carbocycles. The van der Waals surface area contributed by atoms with Gasteiger partial charge in [0.2, 0.25) is 0 Å². The Morgan fingerprint density at radius 1 is 0.615 bits per heavy atom. The molecule has 3 rings (SSSR count). The topological polar surface area (TPSA) is 74.2 Å². The first kappa shape index (κ1) is 28.4. The van der Waals surface area contributed by atoms with Gasteiger partial charge in [0.15, 0.2) is 0 Å². The minimum absolute atomic E-state index is 0. The van der Waals surface area contributed by atoms with Crippen LogP contribution >= 0.6 is 0 Å². The molecular formula is C16H21Br3N6Ti. The second kappa shape index (κ2) is 9.59. The minimum Gasteiger partial charge on any atom is -1.00 e. The van der Waals surface area contributed by atoms with Gasteiger partial charge in [-0.1, -0.05) is 39.0 Å². The maximum Gasteiger partial charge on any atom is 4.00 e. The van der Waals surface area contributed by atoms with E-state index in [9.17, 15) is 0 Å². The van der Waals surface area contributed by atoms with E-state index in [1.165, 1.54) is 0 Å². The van der Waals surface area contributed by atoms with Crippen LogP contribution < -0.4 is 50.9 Å². The van der Waals surface area contributed by atoms with E-state index in [-0.39, 0.29) is 72.7 Å². The summed E-state index contributed by atoms with van der Waals surface area (Å²) in [5.41, 5.74) is 0.977. The van der Waals surface area contributed by atoms with Crippen LogP contribution in [0.5, 0.6) is 0 Å². The Balaban J connectivity index is 0. The molecule has 0 saturated heterocycles. The third-order valence-corrected chi connectivity index (χ3v) is 4.23. The average Bonchev–Trinajstić information content (AvgIpc) is 3.01. The smallest absolute Gasteiger partial charge is 1.00 e. The first-order valence-electron chi connectivity index (χ1n) is 7.42. The van der Waals surface area contributed by atoms with Gasteiger partial charge in [-0.25, -0.2) is 21.3 Å². The Kier molecular flexibility index (Phi) is 10.5. The summed E-state index contributed by atoms with van der Waals surface area (Å²) in [7, 11) is 0. The minimum atomic E-state index is -0.576. The standard InChI is InChI=1S/C16H21N6.3BrH.Ti/c1-10-7-14(4,20-17-10)13(15(5)8-11(2)18-21-15)16(6)9-12(3)19-22-16;;;;/h7-9H,1-6H3;3*1H;/q-1;;;;+4/p-3. The molecule has 3 heterocycles. The Bertz CT molecular complexity index is 622. The molecule has 3 atom stereocenters. The zero-order chi connectivity index (χ0) is 16.2. The van der Waals surface area contributed by atoms with Crippen LogP contribution in [0.3, 0.4) is 0 Å². The maximum atomic E-state index is 4.51. The predicted molar refractivity (Wildman–Crippen MR) is 84.3 cm³/mol. The molecule has 0 aromatic heterocycles. The van der Waals surface area contributed by atoms with E-state index in [4.69, 9.17) is 0 Å². The van der Waals surface area contributed by atoms with Crippen LogP contribution in [0, 0.1) is 5.92 Å². The van der Waals surface area contributed by atoms with Gasteiger partial charge in [0.05, 0.1) is 17.1 Å². The van der Waals surface area contributed by atoms with Crippen molar-refractivity contribution in [1.82, 2.24) is 0 Å². The van der Waals surface area contributed by atoms with E-state index in [2.05, 4.69) is 48.9 Å². The van der Waals surface area contributed by atoms with Crippen LogP contribution in [-0.2, 0) is 21.7 Å². The van der Waals surface area contributed by atoms with E-state index >= 15 is 0 Å². The molecule has 0 spiro atoms. The van der Waals surface area contributed by atoms with Crippen LogP contribution in [0.1, 0.15) is 41.5 Å². The molecular weight excluding hydrogens is 564 g/mol. The molecule has 0 aliphatic carbocycles. The molecule has 0 bridgehead atoms. The molecule has 0 N–H and O–H groups in total. The fourth-order valence-corrected chi connectivity index (χ4v) is 3.85. The normalized spacial score (nSPS) is 33.6. The van der Waals surface area contributed by atoms with Crippen LogP contribution in [-0.4, -0.2) is 16.6 Å². The number of allylic oxidation sites excluding steroid dienone is 3. The molecule has 0 saturated carbocycles. The number of rotatable bonds is 3. The SMILES string of the molecule is CC1=CC(C)([C-](C2(C)C=C(C)N=N2)C2(C)C=C(C)N=N2)N=N1.[Br-].[Br-].[Br-].[Ti+4]. The summed E-state index contributed by atoms with van der Waals surface area (Å²) in [6.07, 6.45) is 6.19. The van der Waals surface area contributed by atoms with E-state index < -0.39 is 16.6 Å². The third-order valence-electron chi connectivity index (χ3n) is 4.23. The summed E-state index contributed by atoms with van der Waals surface area (Å²) in [6.45, 7) is 12.0. The number of hydrogen-bond donors (Lipinski definition) is 0. The summed E-state index contributed by atoms with van der Waals surface area (Å²) in [5.74, 6) is 1.02. The zero-order valence-electron chi connectivity index (χ0n) is 15.5. The van der Waals surface area contributed by atoms with Crippen molar-refractivity contribution in [3.63, 3.8) is 0 Å². The summed E-state index contributed by atoms with van der Waals surface area (Å²) in [4.78, 5) is 0. The van der Waals surface area contributed by atoms with Crippen molar-refractivity contribution in [2.45, 2.75) is 58.2 Å². The van der Waals surface area contributed by atoms with Gasteiger partial charge in [0, 0.05) is 0 Å². The Hall–Kier alpha value is 0.174. The number of azo groups is 3. The molecule has 0 amide bonds. The van der Waals surface area contributed by atoms with Gasteiger partial charge in [0.1, 0.15) is 0 Å². The van der Waals surface area contributed by atoms with Crippen LogP contribution in [0.2, 0.25) is 0 Å². The van der Waals surface area contributed by atoms with Gasteiger partial charge in [-0.2, -0.15) is 15.3 Å². The van der Waals surface area contributed by atoms with Crippen molar-refractivity contribution < 1.29 is 72.7 Å². The fraction of sp³-hybridized carbons (Fsp3) is 0.562. The van der Waals surface area contributed by atoms with Crippen LogP contribution in [0.25, 0.3) is 0 Å². The molecule has 3 aliphatic heterocycles. The molecule has 26 heavy (non-hydrogen) atoms. The van der Waals surface area contributed by atoms with Crippen molar-refractivity contribution in [2.75, 3.05) is 0 Å². The number of nitrogens with zero attached hydrogens (tertiary/aromatic N) is 6. The second-order valence-electron chi connectivity index (χ2n) is 6.77. The van der Waals surface area contributed by atoms with Crippen molar-refractivity contribution >= 4 is 0 Å². The molecule has 6 nitrogen and oxygen atoms in total. The maximum absolute atomic E-state index is 4.51. The van der Waals surface area contributed by atoms with Gasteiger partial charge in [-0.3, -0.25) is 0 Å². The van der Waals surface area contributed by atoms with Crippen molar-refractivity contribution in [3.05, 3.63) is 41.2 Å². The Morgan fingerprint density at radius 2 is 0.846 bits per heavy atom. The second-order valence-corrected chi connectivity index (χ2v) is 6.77. The molecule has 0 fully saturated rings. The number of hydrogen-bond acceptors (Lipinski definition) is 6. The average molecular weight is 585 g/mol. The molecule has 3 unspecified atom stereocenters. The predicted octanol–water partition coefficient (Wildman–Crippen LogP) is -4.04. The largest absolute Gasteiger partial charge is 4.00 e. The first-order valence-corrected chi connectivity index (χ1v) is 7.42. The van der Waals surface area contributed by atoms with Gasteiger partial charge in [0.25, 0.3) is 0 Å². The van der Waals surface area contributed by atoms with Crippen LogP contribution in [0.15, 0.2) is 66.0 Å². The summed E-state index contributed by atoms with van der Waals surface area (Å²) in [5, 5.41) is 26.2.